The highest BCUT2D eigenvalue weighted by molar-refractivity contribution is 6.34. The van der Waals surface area contributed by atoms with E-state index in [9.17, 15) is 10.2 Å². The summed E-state index contributed by atoms with van der Waals surface area (Å²) in [5.41, 5.74) is 0. The first-order valence-electron chi connectivity index (χ1n) is 5.18. The number of halogens is 2. The molecule has 2 N–H and O–H groups in total. The molecule has 0 fully saturated rings. The van der Waals surface area contributed by atoms with Crippen molar-refractivity contribution >= 4 is 30.9 Å². The molecule has 7 heteroatoms. The lowest BCUT2D eigenvalue weighted by atomic mass is 10.2. The van der Waals surface area contributed by atoms with Gasteiger partial charge >= 0.3 is 7.69 Å². The summed E-state index contributed by atoms with van der Waals surface area (Å²) in [6.07, 6.45) is 0. The molecule has 0 saturated carbocycles. The number of rotatable bonds is 4. The third-order valence-electron chi connectivity index (χ3n) is 2.18. The first-order valence-corrected chi connectivity index (χ1v) is 5.94. The Hall–Kier alpha value is -1.72. The summed E-state index contributed by atoms with van der Waals surface area (Å²) in [4.78, 5) is 0. The lowest BCUT2D eigenvalue weighted by Crippen LogP contribution is -2.11. The molecule has 0 aliphatic rings. The van der Waals surface area contributed by atoms with Crippen molar-refractivity contribution < 1.29 is 19.5 Å². The van der Waals surface area contributed by atoms with E-state index < -0.39 is 0 Å². The van der Waals surface area contributed by atoms with Crippen molar-refractivity contribution in [3.05, 3.63) is 46.4 Å². The highest BCUT2D eigenvalue weighted by Gasteiger charge is 2.08. The summed E-state index contributed by atoms with van der Waals surface area (Å²) in [6.45, 7) is 0. The minimum atomic E-state index is 0.0415. The zero-order valence-corrected chi connectivity index (χ0v) is 11.0. The van der Waals surface area contributed by atoms with E-state index in [1.165, 1.54) is 36.4 Å². The molecule has 0 spiro atoms. The van der Waals surface area contributed by atoms with Gasteiger partial charge in [0, 0.05) is 12.1 Å². The van der Waals surface area contributed by atoms with Gasteiger partial charge in [-0.3, -0.25) is 0 Å². The number of hydrogen-bond donors (Lipinski definition) is 2. The van der Waals surface area contributed by atoms with Gasteiger partial charge in [-0.05, 0) is 24.3 Å². The van der Waals surface area contributed by atoms with Gasteiger partial charge in [0.1, 0.15) is 23.0 Å². The molecule has 0 amide bonds. The molecule has 0 aliphatic heterocycles. The van der Waals surface area contributed by atoms with Crippen LogP contribution in [0.2, 0.25) is 10.0 Å². The fourth-order valence-electron chi connectivity index (χ4n) is 1.30. The molecule has 0 aromatic heterocycles. The SMILES string of the molecule is Oc1ccc(O[B]Oc2ccc(O)cc2Cl)c(Cl)c1. The van der Waals surface area contributed by atoms with Crippen molar-refractivity contribution in [3.8, 4) is 23.0 Å². The average Bonchev–Trinajstić information content (AvgIpc) is 2.34. The van der Waals surface area contributed by atoms with E-state index in [1.807, 2.05) is 0 Å². The Kier molecular flexibility index (Phi) is 4.29. The first-order chi connectivity index (χ1) is 9.06. The number of benzene rings is 2. The van der Waals surface area contributed by atoms with Gasteiger partial charge in [-0.15, -0.1) is 0 Å². The van der Waals surface area contributed by atoms with E-state index in [0.717, 1.165) is 7.69 Å². The van der Waals surface area contributed by atoms with E-state index in [2.05, 4.69) is 0 Å². The molecule has 1 radical (unpaired) electrons. The van der Waals surface area contributed by atoms with Crippen LogP contribution in [0.3, 0.4) is 0 Å². The van der Waals surface area contributed by atoms with Gasteiger partial charge in [-0.25, -0.2) is 0 Å². The summed E-state index contributed by atoms with van der Waals surface area (Å²) in [7, 11) is 1.05. The van der Waals surface area contributed by atoms with Crippen molar-refractivity contribution in [1.82, 2.24) is 0 Å². The molecular weight excluding hydrogens is 290 g/mol. The fourth-order valence-corrected chi connectivity index (χ4v) is 1.74. The predicted molar refractivity (Wildman–Crippen MR) is 73.2 cm³/mol. The quantitative estimate of drug-likeness (QED) is 0.849. The van der Waals surface area contributed by atoms with Crippen LogP contribution in [-0.2, 0) is 0 Å². The van der Waals surface area contributed by atoms with Crippen LogP contribution in [0.25, 0.3) is 0 Å². The number of phenolic OH excluding ortho intramolecular Hbond substituents is 2. The summed E-state index contributed by atoms with van der Waals surface area (Å²) in [5, 5.41) is 18.9. The fraction of sp³-hybridized carbons (Fsp3) is 0. The molecule has 2 aromatic carbocycles. The molecule has 19 heavy (non-hydrogen) atoms. The van der Waals surface area contributed by atoms with Crippen LogP contribution in [0, 0.1) is 0 Å². The molecule has 0 atom stereocenters. The molecule has 0 unspecified atom stereocenters. The van der Waals surface area contributed by atoms with Gasteiger partial charge in [-0.1, -0.05) is 23.2 Å². The van der Waals surface area contributed by atoms with Crippen molar-refractivity contribution in [2.24, 2.45) is 0 Å². The van der Waals surface area contributed by atoms with Crippen molar-refractivity contribution in [1.29, 1.82) is 0 Å². The highest BCUT2D eigenvalue weighted by atomic mass is 35.5. The third kappa shape index (κ3) is 3.62. The second kappa shape index (κ2) is 5.95. The molecule has 2 aromatic rings. The average molecular weight is 298 g/mol. The van der Waals surface area contributed by atoms with Gasteiger partial charge in [0.2, 0.25) is 0 Å². The molecule has 0 bridgehead atoms. The number of hydrogen-bond acceptors (Lipinski definition) is 4. The normalized spacial score (nSPS) is 10.0. The highest BCUT2D eigenvalue weighted by Crippen LogP contribution is 2.29. The third-order valence-corrected chi connectivity index (χ3v) is 2.77. The smallest absolute Gasteiger partial charge is 0.525 e. The second-order valence-electron chi connectivity index (χ2n) is 3.56. The maximum atomic E-state index is 9.18. The van der Waals surface area contributed by atoms with Crippen LogP contribution in [0.5, 0.6) is 23.0 Å². The number of aromatic hydroxyl groups is 2. The molecule has 0 saturated heterocycles. The minimum absolute atomic E-state index is 0.0415. The Morgan fingerprint density at radius 3 is 1.58 bits per heavy atom. The molecule has 2 rings (SSSR count). The van der Waals surface area contributed by atoms with E-state index in [-0.39, 0.29) is 21.5 Å². The van der Waals surface area contributed by atoms with Gasteiger partial charge in [0.25, 0.3) is 0 Å². The van der Waals surface area contributed by atoms with Crippen LogP contribution < -0.4 is 9.31 Å². The zero-order chi connectivity index (χ0) is 13.8. The van der Waals surface area contributed by atoms with Crippen molar-refractivity contribution in [3.63, 3.8) is 0 Å². The summed E-state index contributed by atoms with van der Waals surface area (Å²) in [6, 6.07) is 8.55. The monoisotopic (exact) mass is 297 g/mol. The Balaban J connectivity index is 1.96. The predicted octanol–water partition coefficient (Wildman–Crippen LogP) is 3.40. The number of phenols is 2. The van der Waals surface area contributed by atoms with Crippen LogP contribution in [0.1, 0.15) is 0 Å². The summed E-state index contributed by atoms with van der Waals surface area (Å²) < 4.78 is 10.3. The maximum absolute atomic E-state index is 9.18. The van der Waals surface area contributed by atoms with Crippen molar-refractivity contribution in [2.75, 3.05) is 0 Å². The lowest BCUT2D eigenvalue weighted by molar-refractivity contribution is 0.451. The van der Waals surface area contributed by atoms with Crippen LogP contribution >= 0.6 is 23.2 Å². The standard InChI is InChI=1S/C12H8BCl2O4/c14-9-5-7(16)1-3-11(9)18-13-19-12-4-2-8(17)6-10(12)15/h1-6,16-17H. The van der Waals surface area contributed by atoms with Gasteiger partial charge in [0.15, 0.2) is 0 Å². The topological polar surface area (TPSA) is 58.9 Å². The molecule has 0 heterocycles. The van der Waals surface area contributed by atoms with E-state index in [4.69, 9.17) is 32.5 Å². The van der Waals surface area contributed by atoms with Crippen LogP contribution in [-0.4, -0.2) is 17.9 Å². The first kappa shape index (κ1) is 13.7. The Morgan fingerprint density at radius 2 is 1.21 bits per heavy atom. The lowest BCUT2D eigenvalue weighted by Gasteiger charge is -2.09. The Morgan fingerprint density at radius 1 is 0.789 bits per heavy atom. The second-order valence-corrected chi connectivity index (χ2v) is 4.38. The maximum Gasteiger partial charge on any atom is 0.658 e. The van der Waals surface area contributed by atoms with Gasteiger partial charge < -0.3 is 19.5 Å². The minimum Gasteiger partial charge on any atom is -0.525 e. The van der Waals surface area contributed by atoms with Crippen molar-refractivity contribution in [2.45, 2.75) is 0 Å². The summed E-state index contributed by atoms with van der Waals surface area (Å²) >= 11 is 11.7. The molecule has 97 valence electrons. The molecular formula is C12H8BCl2O4. The van der Waals surface area contributed by atoms with E-state index >= 15 is 0 Å². The van der Waals surface area contributed by atoms with Gasteiger partial charge in [0.05, 0.1) is 10.0 Å². The molecule has 4 nitrogen and oxygen atoms in total. The summed E-state index contributed by atoms with van der Waals surface area (Å²) in [5.74, 6) is 0.739. The van der Waals surface area contributed by atoms with E-state index in [0.29, 0.717) is 11.5 Å². The largest absolute Gasteiger partial charge is 0.658 e. The zero-order valence-electron chi connectivity index (χ0n) is 9.51. The van der Waals surface area contributed by atoms with Crippen LogP contribution in [0.15, 0.2) is 36.4 Å². The van der Waals surface area contributed by atoms with E-state index in [1.54, 1.807) is 0 Å². The molecule has 0 aliphatic carbocycles. The Labute approximate surface area is 120 Å². The Bertz CT molecular complexity index is 540. The van der Waals surface area contributed by atoms with Crippen LogP contribution in [0.4, 0.5) is 0 Å². The van der Waals surface area contributed by atoms with Gasteiger partial charge in [-0.2, -0.15) is 0 Å².